The van der Waals surface area contributed by atoms with Gasteiger partial charge in [-0.3, -0.25) is 9.59 Å². The maximum atomic E-state index is 15.5. The number of aromatic nitrogens is 14. The van der Waals surface area contributed by atoms with E-state index in [4.69, 9.17) is 14.5 Å². The van der Waals surface area contributed by atoms with E-state index in [1.807, 2.05) is 73.3 Å². The summed E-state index contributed by atoms with van der Waals surface area (Å²) >= 11 is 0. The average Bonchev–Trinajstić information content (AvgIpc) is 4.41. The van der Waals surface area contributed by atoms with Crippen LogP contribution in [-0.2, 0) is 23.7 Å². The van der Waals surface area contributed by atoms with E-state index >= 15 is 4.39 Å². The molecule has 81 heavy (non-hydrogen) atoms. The number of hydrogen-bond acceptors (Lipinski definition) is 20. The van der Waals surface area contributed by atoms with Gasteiger partial charge in [0.2, 0.25) is 23.7 Å². The van der Waals surface area contributed by atoms with Crippen LogP contribution in [0.25, 0.3) is 44.1 Å². The zero-order valence-electron chi connectivity index (χ0n) is 44.8. The summed E-state index contributed by atoms with van der Waals surface area (Å²) in [5.74, 6) is 4.56. The standard InChI is InChI=1S/C29H28N10O2.C27H25FN10O2/c1-4-26(40)38-12-18-14-39(15-19(18)13-38)29-30-11-23-27(34-29)28(32-16-31-23)33-20-5-8-25(17(2)9-20)41-21-6-7-24-22(10-21)35-36-37(24)3;1-5-23(39)36(3)16-12-38(13-16)27-29-11-20-25(33-27)26(31-14-30-20)32-18-7-9-22(15(2)24(18)28)40-17-6-8-21-19(10-17)34-35-37(21)4/h4-11,16,18-19H,1,12-15H2,2-3H3,(H,31,32,33);5-11,14,16H,1,12-13H2,2-4H3,(H,30,31,32). The number of anilines is 6. The minimum absolute atomic E-state index is 0.000797. The predicted octanol–water partition coefficient (Wildman–Crippen LogP) is 7.14. The Kier molecular flexibility index (Phi) is 13.4. The van der Waals surface area contributed by atoms with Crippen molar-refractivity contribution in [2.45, 2.75) is 19.9 Å². The first kappa shape index (κ1) is 51.4. The van der Waals surface area contributed by atoms with Gasteiger partial charge in [0.1, 0.15) is 68.8 Å². The molecule has 9 heterocycles. The molecule has 0 bridgehead atoms. The molecule has 3 aliphatic heterocycles. The first-order valence-corrected chi connectivity index (χ1v) is 25.9. The van der Waals surface area contributed by atoms with Crippen molar-refractivity contribution in [1.29, 1.82) is 0 Å². The summed E-state index contributed by atoms with van der Waals surface area (Å²) < 4.78 is 31.0. The number of halogens is 1. The SMILES string of the molecule is C=CC(=O)N(C)C1CN(c2ncc3ncnc(Nc4ccc(Oc5ccc6c(c5)nnn6C)c(C)c4F)c3n2)C1.C=CC(=O)N1CC2CN(c3ncc4ncnc(Nc5ccc(Oc6ccc7c(c6)nnn7C)c(C)c5)c4n3)CC2C1. The molecule has 3 aliphatic rings. The van der Waals surface area contributed by atoms with Gasteiger partial charge in [0.25, 0.3) is 0 Å². The second-order valence-corrected chi connectivity index (χ2v) is 20.0. The molecule has 2 unspecified atom stereocenters. The van der Waals surface area contributed by atoms with Crippen molar-refractivity contribution in [1.82, 2.24) is 79.7 Å². The van der Waals surface area contributed by atoms with Gasteiger partial charge in [-0.2, -0.15) is 0 Å². The number of hydrogen-bond donors (Lipinski definition) is 2. The van der Waals surface area contributed by atoms with E-state index in [-0.39, 0.29) is 23.5 Å². The normalized spacial score (nSPS) is 15.8. The monoisotopic (exact) mass is 1090 g/mol. The van der Waals surface area contributed by atoms with Crippen molar-refractivity contribution >= 4 is 90.9 Å². The fourth-order valence-corrected chi connectivity index (χ4v) is 10.2. The van der Waals surface area contributed by atoms with Gasteiger partial charge in [0.05, 0.1) is 35.2 Å². The van der Waals surface area contributed by atoms with Gasteiger partial charge in [-0.1, -0.05) is 23.6 Å². The number of amides is 2. The lowest BCUT2D eigenvalue weighted by molar-refractivity contribution is -0.127. The lowest BCUT2D eigenvalue weighted by Crippen LogP contribution is -2.60. The molecule has 0 aliphatic carbocycles. The number of rotatable bonds is 13. The van der Waals surface area contributed by atoms with Crippen molar-refractivity contribution in [3.8, 4) is 23.0 Å². The zero-order valence-corrected chi connectivity index (χ0v) is 44.8. The van der Waals surface area contributed by atoms with Crippen LogP contribution in [0.5, 0.6) is 23.0 Å². The lowest BCUT2D eigenvalue weighted by Gasteiger charge is -2.43. The first-order valence-electron chi connectivity index (χ1n) is 25.9. The number of carbonyl (C=O) groups is 2. The molecule has 0 saturated carbocycles. The number of fused-ring (bicyclic) bond motifs is 5. The maximum absolute atomic E-state index is 15.5. The van der Waals surface area contributed by atoms with Crippen LogP contribution < -0.4 is 29.9 Å². The van der Waals surface area contributed by atoms with Crippen LogP contribution in [0.2, 0.25) is 0 Å². The molecule has 25 heteroatoms. The van der Waals surface area contributed by atoms with Crippen molar-refractivity contribution in [2.24, 2.45) is 25.9 Å². The van der Waals surface area contributed by atoms with E-state index in [1.165, 1.54) is 24.8 Å². The molecule has 24 nitrogen and oxygen atoms in total. The Balaban J connectivity index is 0.000000161. The first-order chi connectivity index (χ1) is 39.3. The summed E-state index contributed by atoms with van der Waals surface area (Å²) in [7, 11) is 5.41. The number of carbonyl (C=O) groups excluding carboxylic acids is 2. The van der Waals surface area contributed by atoms with E-state index in [0.29, 0.717) is 98.9 Å². The van der Waals surface area contributed by atoms with Crippen LogP contribution in [0.1, 0.15) is 11.1 Å². The van der Waals surface area contributed by atoms with Gasteiger partial charge >= 0.3 is 0 Å². The smallest absolute Gasteiger partial charge is 0.246 e. The summed E-state index contributed by atoms with van der Waals surface area (Å²) in [5, 5.41) is 22.8. The van der Waals surface area contributed by atoms with Crippen molar-refractivity contribution in [2.75, 3.05) is 66.7 Å². The molecule has 0 spiro atoms. The number of likely N-dealkylation sites (N-methyl/N-ethyl adjacent to an activating group) is 1. The van der Waals surface area contributed by atoms with Crippen LogP contribution in [0, 0.1) is 31.5 Å². The molecule has 4 aromatic carbocycles. The Hall–Kier alpha value is -10.3. The van der Waals surface area contributed by atoms with Gasteiger partial charge < -0.3 is 39.7 Å². The molecule has 3 saturated heterocycles. The molecule has 10 aromatic rings. The lowest BCUT2D eigenvalue weighted by atomic mass is 10.0. The third kappa shape index (κ3) is 10.1. The Bertz CT molecular complexity index is 4110. The highest BCUT2D eigenvalue weighted by molar-refractivity contribution is 5.90. The Labute approximate surface area is 462 Å². The van der Waals surface area contributed by atoms with Crippen LogP contribution in [0.4, 0.5) is 39.3 Å². The van der Waals surface area contributed by atoms with Gasteiger partial charge in [0, 0.05) is 95.6 Å². The minimum atomic E-state index is -0.486. The highest BCUT2D eigenvalue weighted by Gasteiger charge is 2.42. The van der Waals surface area contributed by atoms with Gasteiger partial charge in [-0.15, -0.1) is 10.2 Å². The van der Waals surface area contributed by atoms with E-state index in [0.717, 1.165) is 59.7 Å². The zero-order chi connectivity index (χ0) is 56.1. The van der Waals surface area contributed by atoms with Crippen molar-refractivity contribution in [3.63, 3.8) is 0 Å². The number of nitrogens with one attached hydrogen (secondary N) is 2. The molecule has 6 aromatic heterocycles. The highest BCUT2D eigenvalue weighted by atomic mass is 19.1. The van der Waals surface area contributed by atoms with E-state index in [9.17, 15) is 9.59 Å². The Morgan fingerprint density at radius 3 is 1.78 bits per heavy atom. The fraction of sp³-hybridized carbons (Fsp3) is 0.250. The summed E-state index contributed by atoms with van der Waals surface area (Å²) in [6.07, 6.45) is 8.90. The topological polar surface area (TPSA) is 254 Å². The summed E-state index contributed by atoms with van der Waals surface area (Å²) in [5.41, 5.74) is 7.86. The molecule has 408 valence electrons. The molecule has 13 rings (SSSR count). The number of ether oxygens (including phenoxy) is 2. The van der Waals surface area contributed by atoms with E-state index in [1.54, 1.807) is 64.9 Å². The quantitative estimate of drug-likeness (QED) is 0.109. The molecule has 2 atom stereocenters. The number of benzene rings is 4. The molecule has 2 amide bonds. The number of nitrogens with zero attached hydrogens (tertiary/aromatic N) is 18. The molecule has 3 fully saturated rings. The Morgan fingerprint density at radius 1 is 0.654 bits per heavy atom. The van der Waals surface area contributed by atoms with E-state index in [2.05, 4.69) is 84.2 Å². The third-order valence-electron chi connectivity index (χ3n) is 14.8. The van der Waals surface area contributed by atoms with Crippen LogP contribution in [0.3, 0.4) is 0 Å². The van der Waals surface area contributed by atoms with Crippen LogP contribution in [0.15, 0.2) is 117 Å². The second kappa shape index (κ2) is 21.1. The summed E-state index contributed by atoms with van der Waals surface area (Å²) in [4.78, 5) is 67.5. The fourth-order valence-electron chi connectivity index (χ4n) is 10.2. The second-order valence-electron chi connectivity index (χ2n) is 20.0. The molecular weight excluding hydrogens is 1040 g/mol. The summed E-state index contributed by atoms with van der Waals surface area (Å²) in [6.45, 7) is 15.0. The predicted molar refractivity (Wildman–Crippen MR) is 301 cm³/mol. The van der Waals surface area contributed by atoms with E-state index < -0.39 is 5.82 Å². The Morgan fingerprint density at radius 2 is 1.21 bits per heavy atom. The van der Waals surface area contributed by atoms with Crippen molar-refractivity contribution < 1.29 is 23.5 Å². The van der Waals surface area contributed by atoms with Gasteiger partial charge in [-0.05, 0) is 86.2 Å². The van der Waals surface area contributed by atoms with Crippen molar-refractivity contribution in [3.05, 3.63) is 134 Å². The highest BCUT2D eigenvalue weighted by Crippen LogP contribution is 2.37. The van der Waals surface area contributed by atoms with Gasteiger partial charge in [0.15, 0.2) is 17.5 Å². The van der Waals surface area contributed by atoms with Crippen LogP contribution >= 0.6 is 0 Å². The largest absolute Gasteiger partial charge is 0.457 e. The minimum Gasteiger partial charge on any atom is -0.457 e. The number of aryl methyl sites for hydroxylation is 3. The average molecular weight is 1090 g/mol. The maximum Gasteiger partial charge on any atom is 0.246 e. The molecular formula is C56H53FN20O4. The van der Waals surface area contributed by atoms with Gasteiger partial charge in [-0.25, -0.2) is 53.6 Å². The van der Waals surface area contributed by atoms with Crippen LogP contribution in [-0.4, -0.2) is 144 Å². The number of likely N-dealkylation sites (tertiary alicyclic amines) is 1. The third-order valence-corrected chi connectivity index (χ3v) is 14.8. The molecule has 2 N–H and O–H groups in total. The molecule has 0 radical (unpaired) electrons. The summed E-state index contributed by atoms with van der Waals surface area (Å²) in [6, 6.07) is 20.3.